The summed E-state index contributed by atoms with van der Waals surface area (Å²) in [6, 6.07) is 13.2. The summed E-state index contributed by atoms with van der Waals surface area (Å²) < 4.78 is 5.16. The molecule has 1 heterocycles. The fourth-order valence-corrected chi connectivity index (χ4v) is 2.10. The third kappa shape index (κ3) is 3.74. The third-order valence-electron chi connectivity index (χ3n) is 3.11. The number of benzene rings is 1. The fraction of sp³-hybridized carbons (Fsp3) is 0.375. The summed E-state index contributed by atoms with van der Waals surface area (Å²) in [6.45, 7) is 5.35. The number of furan rings is 1. The second-order valence-corrected chi connectivity index (χ2v) is 5.01. The number of rotatable bonds is 6. The summed E-state index contributed by atoms with van der Waals surface area (Å²) in [5.41, 5.74) is 2.64. The molecule has 0 radical (unpaired) electrons. The Bertz CT molecular complexity index is 433. The summed E-state index contributed by atoms with van der Waals surface area (Å²) >= 11 is 0. The van der Waals surface area contributed by atoms with Crippen molar-refractivity contribution in [2.45, 2.75) is 32.2 Å². The van der Waals surface area contributed by atoms with E-state index in [2.05, 4.69) is 49.5 Å². The van der Waals surface area contributed by atoms with Gasteiger partial charge in [-0.05, 0) is 23.6 Å². The van der Waals surface area contributed by atoms with Gasteiger partial charge in [-0.15, -0.1) is 0 Å². The standard InChI is InChI=1S/C16H21NO/c1-13(2)17-11-16(10-14-8-9-18-12-14)15-6-4-3-5-7-15/h3-9,12-13,16-17H,10-11H2,1-2H3. The molecule has 2 aromatic rings. The molecular formula is C16H21NO. The van der Waals surface area contributed by atoms with Crippen LogP contribution in [0.25, 0.3) is 0 Å². The minimum atomic E-state index is 0.492. The lowest BCUT2D eigenvalue weighted by Gasteiger charge is -2.19. The fourth-order valence-electron chi connectivity index (χ4n) is 2.10. The van der Waals surface area contributed by atoms with Crippen molar-refractivity contribution in [2.24, 2.45) is 0 Å². The molecule has 18 heavy (non-hydrogen) atoms. The van der Waals surface area contributed by atoms with Crippen LogP contribution in [0.3, 0.4) is 0 Å². The average molecular weight is 243 g/mol. The van der Waals surface area contributed by atoms with Crippen LogP contribution in [0.15, 0.2) is 53.3 Å². The summed E-state index contributed by atoms with van der Waals surface area (Å²) in [5.74, 6) is 0.492. The predicted octanol–water partition coefficient (Wildman–Crippen LogP) is 3.60. The first-order valence-electron chi connectivity index (χ1n) is 6.55. The monoisotopic (exact) mass is 243 g/mol. The first-order chi connectivity index (χ1) is 8.75. The largest absolute Gasteiger partial charge is 0.472 e. The van der Waals surface area contributed by atoms with E-state index in [1.807, 2.05) is 12.3 Å². The van der Waals surface area contributed by atoms with E-state index in [-0.39, 0.29) is 0 Å². The molecule has 0 aliphatic rings. The Balaban J connectivity index is 2.07. The van der Waals surface area contributed by atoms with E-state index in [0.29, 0.717) is 12.0 Å². The molecule has 96 valence electrons. The van der Waals surface area contributed by atoms with E-state index in [4.69, 9.17) is 4.42 Å². The molecule has 2 heteroatoms. The zero-order valence-corrected chi connectivity index (χ0v) is 11.1. The van der Waals surface area contributed by atoms with Crippen molar-refractivity contribution in [3.8, 4) is 0 Å². The molecule has 0 aliphatic carbocycles. The molecule has 0 fully saturated rings. The number of nitrogens with one attached hydrogen (secondary N) is 1. The zero-order valence-electron chi connectivity index (χ0n) is 11.1. The highest BCUT2D eigenvalue weighted by atomic mass is 16.3. The highest BCUT2D eigenvalue weighted by Gasteiger charge is 2.13. The van der Waals surface area contributed by atoms with Gasteiger partial charge in [0, 0.05) is 18.5 Å². The SMILES string of the molecule is CC(C)NCC(Cc1ccoc1)c1ccccc1. The van der Waals surface area contributed by atoms with Crippen molar-refractivity contribution in [2.75, 3.05) is 6.54 Å². The lowest BCUT2D eigenvalue weighted by Crippen LogP contribution is -2.28. The maximum Gasteiger partial charge on any atom is 0.0934 e. The van der Waals surface area contributed by atoms with Crippen LogP contribution in [-0.4, -0.2) is 12.6 Å². The molecule has 1 unspecified atom stereocenters. The van der Waals surface area contributed by atoms with E-state index >= 15 is 0 Å². The van der Waals surface area contributed by atoms with Gasteiger partial charge in [0.2, 0.25) is 0 Å². The molecule has 1 N–H and O–H groups in total. The van der Waals surface area contributed by atoms with Crippen LogP contribution in [0, 0.1) is 0 Å². The number of hydrogen-bond donors (Lipinski definition) is 1. The van der Waals surface area contributed by atoms with Gasteiger partial charge in [0.25, 0.3) is 0 Å². The summed E-state index contributed by atoms with van der Waals surface area (Å²) in [6.07, 6.45) is 4.60. The topological polar surface area (TPSA) is 25.2 Å². The van der Waals surface area contributed by atoms with Gasteiger partial charge in [0.15, 0.2) is 0 Å². The molecule has 0 saturated carbocycles. The Kier molecular flexibility index (Phi) is 4.59. The van der Waals surface area contributed by atoms with Crippen LogP contribution < -0.4 is 5.32 Å². The Morgan fingerprint density at radius 3 is 2.50 bits per heavy atom. The smallest absolute Gasteiger partial charge is 0.0934 e. The molecule has 1 aromatic heterocycles. The van der Waals surface area contributed by atoms with Gasteiger partial charge in [-0.25, -0.2) is 0 Å². The van der Waals surface area contributed by atoms with E-state index in [0.717, 1.165) is 13.0 Å². The van der Waals surface area contributed by atoms with Gasteiger partial charge in [-0.1, -0.05) is 44.2 Å². The first kappa shape index (κ1) is 12.9. The normalized spacial score (nSPS) is 12.8. The van der Waals surface area contributed by atoms with Crippen LogP contribution in [-0.2, 0) is 6.42 Å². The quantitative estimate of drug-likeness (QED) is 0.838. The lowest BCUT2D eigenvalue weighted by molar-refractivity contribution is 0.521. The number of hydrogen-bond acceptors (Lipinski definition) is 2. The van der Waals surface area contributed by atoms with Gasteiger partial charge in [0.05, 0.1) is 12.5 Å². The van der Waals surface area contributed by atoms with Crippen molar-refractivity contribution in [1.82, 2.24) is 5.32 Å². The molecule has 0 amide bonds. The third-order valence-corrected chi connectivity index (χ3v) is 3.11. The summed E-state index contributed by atoms with van der Waals surface area (Å²) in [7, 11) is 0. The molecule has 1 aromatic carbocycles. The molecule has 2 rings (SSSR count). The molecular weight excluding hydrogens is 222 g/mol. The van der Waals surface area contributed by atoms with Crippen LogP contribution in [0.2, 0.25) is 0 Å². The zero-order chi connectivity index (χ0) is 12.8. The summed E-state index contributed by atoms with van der Waals surface area (Å²) in [5, 5.41) is 3.53. The Morgan fingerprint density at radius 1 is 1.11 bits per heavy atom. The maximum atomic E-state index is 5.16. The Morgan fingerprint density at radius 2 is 1.89 bits per heavy atom. The summed E-state index contributed by atoms with van der Waals surface area (Å²) in [4.78, 5) is 0. The molecule has 0 bridgehead atoms. The van der Waals surface area contributed by atoms with Crippen molar-refractivity contribution in [3.63, 3.8) is 0 Å². The van der Waals surface area contributed by atoms with Crippen LogP contribution >= 0.6 is 0 Å². The van der Waals surface area contributed by atoms with Crippen LogP contribution in [0.1, 0.15) is 30.9 Å². The minimum Gasteiger partial charge on any atom is -0.472 e. The van der Waals surface area contributed by atoms with Gasteiger partial charge in [-0.3, -0.25) is 0 Å². The lowest BCUT2D eigenvalue weighted by atomic mass is 9.93. The van der Waals surface area contributed by atoms with E-state index in [1.54, 1.807) is 6.26 Å². The van der Waals surface area contributed by atoms with Gasteiger partial charge < -0.3 is 9.73 Å². The van der Waals surface area contributed by atoms with Crippen molar-refractivity contribution < 1.29 is 4.42 Å². The van der Waals surface area contributed by atoms with Gasteiger partial charge in [0.1, 0.15) is 0 Å². The highest BCUT2D eigenvalue weighted by Crippen LogP contribution is 2.20. The molecule has 1 atom stereocenters. The highest BCUT2D eigenvalue weighted by molar-refractivity contribution is 5.23. The molecule has 0 aliphatic heterocycles. The molecule has 2 nitrogen and oxygen atoms in total. The van der Waals surface area contributed by atoms with E-state index in [9.17, 15) is 0 Å². The van der Waals surface area contributed by atoms with Gasteiger partial charge >= 0.3 is 0 Å². The average Bonchev–Trinajstić information content (AvgIpc) is 2.88. The van der Waals surface area contributed by atoms with Crippen molar-refractivity contribution in [3.05, 3.63) is 60.1 Å². The van der Waals surface area contributed by atoms with Gasteiger partial charge in [-0.2, -0.15) is 0 Å². The minimum absolute atomic E-state index is 0.492. The Labute approximate surface area is 109 Å². The van der Waals surface area contributed by atoms with Crippen LogP contribution in [0.5, 0.6) is 0 Å². The molecule has 0 saturated heterocycles. The second kappa shape index (κ2) is 6.41. The predicted molar refractivity (Wildman–Crippen MR) is 74.7 cm³/mol. The Hall–Kier alpha value is -1.54. The van der Waals surface area contributed by atoms with Crippen LogP contribution in [0.4, 0.5) is 0 Å². The maximum absolute atomic E-state index is 5.16. The first-order valence-corrected chi connectivity index (χ1v) is 6.55. The molecule has 0 spiro atoms. The van der Waals surface area contributed by atoms with E-state index in [1.165, 1.54) is 11.1 Å². The van der Waals surface area contributed by atoms with Crippen molar-refractivity contribution >= 4 is 0 Å². The van der Waals surface area contributed by atoms with Crippen molar-refractivity contribution in [1.29, 1.82) is 0 Å². The van der Waals surface area contributed by atoms with E-state index < -0.39 is 0 Å². The second-order valence-electron chi connectivity index (χ2n) is 5.01.